The summed E-state index contributed by atoms with van der Waals surface area (Å²) in [6, 6.07) is 8.92. The van der Waals surface area contributed by atoms with Crippen LogP contribution in [-0.4, -0.2) is 30.9 Å². The van der Waals surface area contributed by atoms with Gasteiger partial charge < -0.3 is 19.9 Å². The van der Waals surface area contributed by atoms with Gasteiger partial charge in [-0.1, -0.05) is 0 Å². The molecule has 0 unspecified atom stereocenters. The molecule has 3 aromatic rings. The summed E-state index contributed by atoms with van der Waals surface area (Å²) in [5, 5.41) is 0.576. The van der Waals surface area contributed by atoms with E-state index in [1.807, 2.05) is 18.2 Å². The minimum absolute atomic E-state index is 0.0479. The largest absolute Gasteiger partial charge is 0.493 e. The Kier molecular flexibility index (Phi) is 4.43. The van der Waals surface area contributed by atoms with Crippen LogP contribution in [0.3, 0.4) is 0 Å². The number of rotatable bonds is 4. The van der Waals surface area contributed by atoms with Gasteiger partial charge in [0.2, 0.25) is 5.75 Å². The Labute approximate surface area is 162 Å². The molecule has 7 nitrogen and oxygen atoms in total. The second-order valence-electron chi connectivity index (χ2n) is 6.55. The van der Waals surface area contributed by atoms with E-state index >= 15 is 0 Å². The van der Waals surface area contributed by atoms with Crippen molar-refractivity contribution >= 4 is 28.2 Å². The molecule has 0 spiro atoms. The van der Waals surface area contributed by atoms with Crippen molar-refractivity contribution in [3.8, 4) is 17.2 Å². The van der Waals surface area contributed by atoms with Crippen LogP contribution in [-0.2, 0) is 6.54 Å². The third-order valence-electron chi connectivity index (χ3n) is 4.90. The van der Waals surface area contributed by atoms with Crippen LogP contribution < -0.4 is 25.5 Å². The van der Waals surface area contributed by atoms with Crippen LogP contribution >= 0.6 is 0 Å². The zero-order valence-corrected chi connectivity index (χ0v) is 16.0. The lowest BCUT2D eigenvalue weighted by atomic mass is 10.1. The number of methoxy groups -OCH3 is 3. The number of benzene rings is 2. The van der Waals surface area contributed by atoms with Gasteiger partial charge in [-0.2, -0.15) is 0 Å². The van der Waals surface area contributed by atoms with Gasteiger partial charge in [0, 0.05) is 12.2 Å². The quantitative estimate of drug-likeness (QED) is 0.701. The summed E-state index contributed by atoms with van der Waals surface area (Å²) >= 11 is 0. The van der Waals surface area contributed by atoms with Crippen LogP contribution in [0.15, 0.2) is 35.1 Å². The Morgan fingerprint density at radius 3 is 2.43 bits per heavy atom. The van der Waals surface area contributed by atoms with Crippen molar-refractivity contribution in [2.24, 2.45) is 0 Å². The topological polar surface area (TPSA) is 88.6 Å². The van der Waals surface area contributed by atoms with E-state index in [1.54, 1.807) is 44.1 Å². The minimum atomic E-state index is -0.0479. The standard InChI is InChI=1S/C21H21N3O4/c1-26-17-9-12(10-18(27-2)19(17)28-3)8-13-6-7-24-20(13)23-16-11-14(22)4-5-15(16)21(24)25/h4-5,8-11H,6-7,22H2,1-3H3. The Morgan fingerprint density at radius 1 is 1.07 bits per heavy atom. The van der Waals surface area contributed by atoms with Crippen molar-refractivity contribution < 1.29 is 14.2 Å². The van der Waals surface area contributed by atoms with Gasteiger partial charge in [0.05, 0.1) is 32.2 Å². The fourth-order valence-corrected chi connectivity index (χ4v) is 3.56. The third-order valence-corrected chi connectivity index (χ3v) is 4.90. The molecule has 2 heterocycles. The van der Waals surface area contributed by atoms with E-state index < -0.39 is 0 Å². The molecule has 7 heteroatoms. The molecule has 2 N–H and O–H groups in total. The van der Waals surface area contributed by atoms with Crippen LogP contribution in [0.25, 0.3) is 22.6 Å². The number of nitrogens with zero attached hydrogens (tertiary/aromatic N) is 2. The highest BCUT2D eigenvalue weighted by atomic mass is 16.5. The predicted octanol–water partition coefficient (Wildman–Crippen LogP) is 2.95. The molecule has 144 valence electrons. The summed E-state index contributed by atoms with van der Waals surface area (Å²) in [7, 11) is 4.73. The van der Waals surface area contributed by atoms with Gasteiger partial charge in [-0.05, 0) is 54.0 Å². The fraction of sp³-hybridized carbons (Fsp3) is 0.238. The van der Waals surface area contributed by atoms with Crippen LogP contribution in [0, 0.1) is 0 Å². The first kappa shape index (κ1) is 17.9. The number of ether oxygens (including phenoxy) is 3. The number of fused-ring (bicyclic) bond motifs is 2. The minimum Gasteiger partial charge on any atom is -0.493 e. The van der Waals surface area contributed by atoms with Crippen LogP contribution in [0.4, 0.5) is 5.69 Å². The SMILES string of the molecule is COc1cc(C=C2CCn3c2nc2cc(N)ccc2c3=O)cc(OC)c1OC. The van der Waals surface area contributed by atoms with E-state index in [1.165, 1.54) is 0 Å². The molecule has 1 aliphatic rings. The van der Waals surface area contributed by atoms with E-state index in [2.05, 4.69) is 0 Å². The molecule has 4 rings (SSSR count). The Balaban J connectivity index is 1.86. The van der Waals surface area contributed by atoms with Crippen molar-refractivity contribution in [2.75, 3.05) is 27.1 Å². The van der Waals surface area contributed by atoms with Gasteiger partial charge in [0.1, 0.15) is 5.82 Å². The first-order chi connectivity index (χ1) is 13.5. The van der Waals surface area contributed by atoms with E-state index in [4.69, 9.17) is 24.9 Å². The molecular weight excluding hydrogens is 358 g/mol. The number of anilines is 1. The average molecular weight is 379 g/mol. The normalized spacial score (nSPS) is 14.3. The number of hydrogen-bond acceptors (Lipinski definition) is 6. The smallest absolute Gasteiger partial charge is 0.261 e. The Hall–Kier alpha value is -3.48. The summed E-state index contributed by atoms with van der Waals surface area (Å²) in [6.45, 7) is 0.595. The second kappa shape index (κ2) is 6.92. The summed E-state index contributed by atoms with van der Waals surface area (Å²) in [5.41, 5.74) is 8.85. The van der Waals surface area contributed by atoms with Gasteiger partial charge >= 0.3 is 0 Å². The lowest BCUT2D eigenvalue weighted by molar-refractivity contribution is 0.324. The van der Waals surface area contributed by atoms with E-state index in [0.29, 0.717) is 52.6 Å². The van der Waals surface area contributed by atoms with Crippen molar-refractivity contribution in [2.45, 2.75) is 13.0 Å². The molecule has 2 aromatic carbocycles. The zero-order chi connectivity index (χ0) is 19.8. The van der Waals surface area contributed by atoms with Crippen molar-refractivity contribution in [1.29, 1.82) is 0 Å². The van der Waals surface area contributed by atoms with Crippen LogP contribution in [0.2, 0.25) is 0 Å². The number of nitrogen functional groups attached to an aromatic ring is 1. The summed E-state index contributed by atoms with van der Waals surface area (Å²) < 4.78 is 17.9. The van der Waals surface area contributed by atoms with E-state index in [0.717, 1.165) is 11.1 Å². The highest BCUT2D eigenvalue weighted by Crippen LogP contribution is 2.39. The van der Waals surface area contributed by atoms with Crippen molar-refractivity contribution in [3.05, 3.63) is 52.1 Å². The maximum absolute atomic E-state index is 12.8. The van der Waals surface area contributed by atoms with Gasteiger partial charge in [-0.25, -0.2) is 4.98 Å². The zero-order valence-electron chi connectivity index (χ0n) is 16.0. The van der Waals surface area contributed by atoms with Crippen LogP contribution in [0.5, 0.6) is 17.2 Å². The van der Waals surface area contributed by atoms with E-state index in [-0.39, 0.29) is 5.56 Å². The number of aromatic nitrogens is 2. The molecule has 1 aliphatic heterocycles. The van der Waals surface area contributed by atoms with Gasteiger partial charge in [0.15, 0.2) is 11.5 Å². The molecule has 1 aromatic heterocycles. The lowest BCUT2D eigenvalue weighted by Crippen LogP contribution is -2.20. The highest BCUT2D eigenvalue weighted by molar-refractivity contribution is 5.86. The molecule has 0 saturated heterocycles. The molecule has 28 heavy (non-hydrogen) atoms. The molecule has 0 bridgehead atoms. The number of hydrogen-bond donors (Lipinski definition) is 1. The predicted molar refractivity (Wildman–Crippen MR) is 109 cm³/mol. The van der Waals surface area contributed by atoms with Gasteiger partial charge in [-0.15, -0.1) is 0 Å². The lowest BCUT2D eigenvalue weighted by Gasteiger charge is -2.13. The average Bonchev–Trinajstić information content (AvgIpc) is 3.09. The molecular formula is C21H21N3O4. The number of nitrogens with two attached hydrogens (primary N) is 1. The molecule has 0 saturated carbocycles. The summed E-state index contributed by atoms with van der Waals surface area (Å²) in [6.07, 6.45) is 2.71. The molecule has 0 radical (unpaired) electrons. The fourth-order valence-electron chi connectivity index (χ4n) is 3.56. The molecule has 0 aliphatic carbocycles. The summed E-state index contributed by atoms with van der Waals surface area (Å²) in [4.78, 5) is 17.5. The monoisotopic (exact) mass is 379 g/mol. The van der Waals surface area contributed by atoms with Crippen LogP contribution in [0.1, 0.15) is 17.8 Å². The van der Waals surface area contributed by atoms with Gasteiger partial charge in [-0.3, -0.25) is 9.36 Å². The molecule has 0 amide bonds. The van der Waals surface area contributed by atoms with E-state index in [9.17, 15) is 4.79 Å². The van der Waals surface area contributed by atoms with Crippen molar-refractivity contribution in [3.63, 3.8) is 0 Å². The van der Waals surface area contributed by atoms with Crippen molar-refractivity contribution in [1.82, 2.24) is 9.55 Å². The summed E-state index contributed by atoms with van der Waals surface area (Å²) in [5.74, 6) is 2.35. The first-order valence-corrected chi connectivity index (χ1v) is 8.86. The maximum Gasteiger partial charge on any atom is 0.261 e. The second-order valence-corrected chi connectivity index (χ2v) is 6.55. The molecule has 0 atom stereocenters. The third kappa shape index (κ3) is 2.85. The Morgan fingerprint density at radius 2 is 1.79 bits per heavy atom. The van der Waals surface area contributed by atoms with Gasteiger partial charge in [0.25, 0.3) is 5.56 Å². The highest BCUT2D eigenvalue weighted by Gasteiger charge is 2.21. The Bertz CT molecular complexity index is 1140. The maximum atomic E-state index is 12.8. The number of allylic oxidation sites excluding steroid dienone is 1. The first-order valence-electron chi connectivity index (χ1n) is 8.86. The molecule has 0 fully saturated rings.